The van der Waals surface area contributed by atoms with Crippen LogP contribution in [0.25, 0.3) is 0 Å². The molecule has 0 radical (unpaired) electrons. The molecule has 1 amide bonds. The SMILES string of the molecule is CN(CCC#N)C(=O)c1cccc(C(F)(F)F)c1NN. The quantitative estimate of drug-likeness (QED) is 0.655. The summed E-state index contributed by atoms with van der Waals surface area (Å²) in [7, 11) is 1.40. The Kier molecular flexibility index (Phi) is 4.94. The summed E-state index contributed by atoms with van der Waals surface area (Å²) in [5.41, 5.74) is 0.246. The summed E-state index contributed by atoms with van der Waals surface area (Å²) in [6, 6.07) is 5.07. The van der Waals surface area contributed by atoms with Crippen LogP contribution in [0.3, 0.4) is 0 Å². The number of halogens is 3. The van der Waals surface area contributed by atoms with Crippen molar-refractivity contribution in [1.29, 1.82) is 5.26 Å². The van der Waals surface area contributed by atoms with Crippen molar-refractivity contribution in [3.05, 3.63) is 29.3 Å². The van der Waals surface area contributed by atoms with Crippen LogP contribution in [0.2, 0.25) is 0 Å². The number of nitrogens with one attached hydrogen (secondary N) is 1. The zero-order valence-electron chi connectivity index (χ0n) is 10.7. The lowest BCUT2D eigenvalue weighted by atomic mass is 10.1. The fourth-order valence-electron chi connectivity index (χ4n) is 1.65. The fourth-order valence-corrected chi connectivity index (χ4v) is 1.65. The van der Waals surface area contributed by atoms with Crippen molar-refractivity contribution in [2.75, 3.05) is 19.0 Å². The molecule has 0 aliphatic carbocycles. The maximum atomic E-state index is 12.8. The molecule has 5 nitrogen and oxygen atoms in total. The van der Waals surface area contributed by atoms with E-state index >= 15 is 0 Å². The summed E-state index contributed by atoms with van der Waals surface area (Å²) in [6.07, 6.45) is -4.53. The Morgan fingerprint density at radius 1 is 1.50 bits per heavy atom. The highest BCUT2D eigenvalue weighted by Crippen LogP contribution is 2.36. The summed E-state index contributed by atoms with van der Waals surface area (Å²) < 4.78 is 38.5. The van der Waals surface area contributed by atoms with Crippen molar-refractivity contribution in [1.82, 2.24) is 4.90 Å². The number of hydrogen-bond acceptors (Lipinski definition) is 4. The minimum Gasteiger partial charge on any atom is -0.341 e. The van der Waals surface area contributed by atoms with E-state index in [4.69, 9.17) is 11.1 Å². The Morgan fingerprint density at radius 2 is 2.15 bits per heavy atom. The number of para-hydroxylation sites is 1. The number of rotatable bonds is 4. The van der Waals surface area contributed by atoms with Gasteiger partial charge >= 0.3 is 6.18 Å². The van der Waals surface area contributed by atoms with Crippen molar-refractivity contribution >= 4 is 11.6 Å². The van der Waals surface area contributed by atoms with Crippen LogP contribution in [0.4, 0.5) is 18.9 Å². The molecule has 0 saturated carbocycles. The average molecular weight is 286 g/mol. The maximum absolute atomic E-state index is 12.8. The van der Waals surface area contributed by atoms with Gasteiger partial charge in [-0.3, -0.25) is 10.6 Å². The van der Waals surface area contributed by atoms with Crippen molar-refractivity contribution < 1.29 is 18.0 Å². The Morgan fingerprint density at radius 3 is 2.65 bits per heavy atom. The number of nitriles is 1. The second-order valence-corrected chi connectivity index (χ2v) is 4.01. The molecule has 1 rings (SSSR count). The van der Waals surface area contributed by atoms with E-state index < -0.39 is 23.3 Å². The second kappa shape index (κ2) is 6.25. The summed E-state index contributed by atoms with van der Waals surface area (Å²) >= 11 is 0. The van der Waals surface area contributed by atoms with Gasteiger partial charge in [0.1, 0.15) is 0 Å². The summed E-state index contributed by atoms with van der Waals surface area (Å²) in [6.45, 7) is 0.121. The predicted octanol–water partition coefficient (Wildman–Crippen LogP) is 1.98. The van der Waals surface area contributed by atoms with Gasteiger partial charge in [0.05, 0.1) is 29.3 Å². The number of nitrogens with zero attached hydrogens (tertiary/aromatic N) is 2. The zero-order chi connectivity index (χ0) is 15.3. The Balaban J connectivity index is 3.19. The molecule has 108 valence electrons. The molecule has 0 saturated heterocycles. The molecule has 0 unspecified atom stereocenters. The second-order valence-electron chi connectivity index (χ2n) is 4.01. The van der Waals surface area contributed by atoms with Crippen LogP contribution in [0.5, 0.6) is 0 Å². The normalized spacial score (nSPS) is 10.8. The Hall–Kier alpha value is -2.27. The molecule has 1 aromatic carbocycles. The van der Waals surface area contributed by atoms with Gasteiger partial charge in [-0.2, -0.15) is 18.4 Å². The maximum Gasteiger partial charge on any atom is 0.418 e. The van der Waals surface area contributed by atoms with E-state index in [9.17, 15) is 18.0 Å². The van der Waals surface area contributed by atoms with Crippen molar-refractivity contribution in [2.45, 2.75) is 12.6 Å². The predicted molar refractivity (Wildman–Crippen MR) is 66.4 cm³/mol. The minimum absolute atomic E-state index is 0.0899. The van der Waals surface area contributed by atoms with E-state index in [1.807, 2.05) is 11.5 Å². The molecule has 0 heterocycles. The zero-order valence-corrected chi connectivity index (χ0v) is 10.7. The lowest BCUT2D eigenvalue weighted by molar-refractivity contribution is -0.137. The van der Waals surface area contributed by atoms with Crippen LogP contribution in [0.15, 0.2) is 18.2 Å². The van der Waals surface area contributed by atoms with Crippen molar-refractivity contribution in [3.63, 3.8) is 0 Å². The van der Waals surface area contributed by atoms with Crippen LogP contribution >= 0.6 is 0 Å². The molecule has 0 bridgehead atoms. The van der Waals surface area contributed by atoms with Crippen LogP contribution in [-0.4, -0.2) is 24.4 Å². The third kappa shape index (κ3) is 3.39. The first kappa shape index (κ1) is 15.8. The molecule has 0 aliphatic rings. The van der Waals surface area contributed by atoms with E-state index in [1.54, 1.807) is 0 Å². The number of hydrogen-bond donors (Lipinski definition) is 2. The molecule has 0 aromatic heterocycles. The molecule has 3 N–H and O–H groups in total. The van der Waals surface area contributed by atoms with Crippen LogP contribution in [0, 0.1) is 11.3 Å². The van der Waals surface area contributed by atoms with Crippen LogP contribution < -0.4 is 11.3 Å². The molecular weight excluding hydrogens is 273 g/mol. The van der Waals surface area contributed by atoms with Gasteiger partial charge < -0.3 is 10.3 Å². The Labute approximate surface area is 113 Å². The molecule has 0 fully saturated rings. The monoisotopic (exact) mass is 286 g/mol. The first-order valence-corrected chi connectivity index (χ1v) is 5.62. The molecule has 0 aliphatic heterocycles. The highest BCUT2D eigenvalue weighted by atomic mass is 19.4. The van der Waals surface area contributed by atoms with Crippen molar-refractivity contribution in [3.8, 4) is 6.07 Å². The van der Waals surface area contributed by atoms with Crippen molar-refractivity contribution in [2.24, 2.45) is 5.84 Å². The number of carbonyl (C=O) groups is 1. The lowest BCUT2D eigenvalue weighted by Crippen LogP contribution is -2.29. The highest BCUT2D eigenvalue weighted by Gasteiger charge is 2.35. The minimum atomic E-state index is -4.62. The highest BCUT2D eigenvalue weighted by molar-refractivity contribution is 6.00. The Bertz CT molecular complexity index is 536. The van der Waals surface area contributed by atoms with Gasteiger partial charge in [-0.15, -0.1) is 0 Å². The first-order valence-electron chi connectivity index (χ1n) is 5.62. The molecule has 1 aromatic rings. The molecule has 20 heavy (non-hydrogen) atoms. The summed E-state index contributed by atoms with van der Waals surface area (Å²) in [4.78, 5) is 13.2. The number of nitrogens with two attached hydrogens (primary N) is 1. The smallest absolute Gasteiger partial charge is 0.341 e. The molecule has 8 heteroatoms. The first-order chi connectivity index (χ1) is 9.32. The number of anilines is 1. The number of carbonyl (C=O) groups excluding carboxylic acids is 1. The molecule has 0 atom stereocenters. The van der Waals surface area contributed by atoms with Gasteiger partial charge in [0, 0.05) is 13.6 Å². The van der Waals surface area contributed by atoms with E-state index in [0.717, 1.165) is 12.1 Å². The number of hydrazine groups is 1. The number of benzene rings is 1. The van der Waals surface area contributed by atoms with Gasteiger partial charge in [-0.1, -0.05) is 6.07 Å². The van der Waals surface area contributed by atoms with Crippen LogP contribution in [0.1, 0.15) is 22.3 Å². The third-order valence-corrected chi connectivity index (χ3v) is 2.65. The lowest BCUT2D eigenvalue weighted by Gasteiger charge is -2.20. The number of nitrogen functional groups attached to an aromatic ring is 1. The average Bonchev–Trinajstić information content (AvgIpc) is 2.41. The van der Waals surface area contributed by atoms with E-state index in [1.165, 1.54) is 18.0 Å². The van der Waals surface area contributed by atoms with E-state index in [0.29, 0.717) is 0 Å². The van der Waals surface area contributed by atoms with E-state index in [-0.39, 0.29) is 18.5 Å². The fraction of sp³-hybridized carbons (Fsp3) is 0.333. The van der Waals surface area contributed by atoms with Gasteiger partial charge in [0.2, 0.25) is 0 Å². The topological polar surface area (TPSA) is 82.2 Å². The van der Waals surface area contributed by atoms with Crippen LogP contribution in [-0.2, 0) is 6.18 Å². The molecular formula is C12H13F3N4O. The standard InChI is InChI=1S/C12H13F3N4O/c1-19(7-3-6-16)11(20)8-4-2-5-9(10(8)18-17)12(13,14)15/h2,4-5,18H,3,7,17H2,1H3. The van der Waals surface area contributed by atoms with Gasteiger partial charge in [-0.25, -0.2) is 0 Å². The number of amides is 1. The van der Waals surface area contributed by atoms with Gasteiger partial charge in [0.25, 0.3) is 5.91 Å². The summed E-state index contributed by atoms with van der Waals surface area (Å²) in [5, 5.41) is 8.45. The van der Waals surface area contributed by atoms with E-state index in [2.05, 4.69) is 0 Å². The third-order valence-electron chi connectivity index (χ3n) is 2.65. The summed E-state index contributed by atoms with van der Waals surface area (Å²) in [5.74, 6) is 4.47. The molecule has 0 spiro atoms. The largest absolute Gasteiger partial charge is 0.418 e. The van der Waals surface area contributed by atoms with Gasteiger partial charge in [-0.05, 0) is 12.1 Å². The number of alkyl halides is 3. The van der Waals surface area contributed by atoms with Gasteiger partial charge in [0.15, 0.2) is 0 Å².